The summed E-state index contributed by atoms with van der Waals surface area (Å²) in [5, 5.41) is 3.38. The van der Waals surface area contributed by atoms with Crippen molar-refractivity contribution in [1.82, 2.24) is 19.9 Å². The number of rotatable bonds is 5. The first-order valence-corrected chi connectivity index (χ1v) is 12.1. The second-order valence-corrected chi connectivity index (χ2v) is 10.2. The van der Waals surface area contributed by atoms with Gasteiger partial charge in [-0.25, -0.2) is 15.0 Å². The van der Waals surface area contributed by atoms with E-state index in [4.69, 9.17) is 16.5 Å². The van der Waals surface area contributed by atoms with Crippen LogP contribution in [0.2, 0.25) is 0 Å². The van der Waals surface area contributed by atoms with E-state index in [1.807, 2.05) is 6.92 Å². The molecule has 2 aliphatic rings. The summed E-state index contributed by atoms with van der Waals surface area (Å²) in [5.41, 5.74) is 12.3. The van der Waals surface area contributed by atoms with Crippen molar-refractivity contribution in [2.75, 3.05) is 30.3 Å². The molecule has 0 bridgehead atoms. The van der Waals surface area contributed by atoms with Gasteiger partial charge in [0.2, 0.25) is 0 Å². The largest absolute Gasteiger partial charge is 0.434 e. The Kier molecular flexibility index (Phi) is 5.49. The first-order chi connectivity index (χ1) is 15.7. The predicted octanol–water partition coefficient (Wildman–Crippen LogP) is 3.74. The Labute approximate surface area is 196 Å². The topological polar surface area (TPSA) is 107 Å². The van der Waals surface area contributed by atoms with Gasteiger partial charge >= 0.3 is 6.18 Å². The molecule has 5 rings (SSSR count). The highest BCUT2D eigenvalue weighted by Crippen LogP contribution is 2.63. The molecule has 3 unspecified atom stereocenters. The Morgan fingerprint density at radius 3 is 2.76 bits per heavy atom. The minimum absolute atomic E-state index is 0.0657. The van der Waals surface area contributed by atoms with E-state index >= 15 is 0 Å². The van der Waals surface area contributed by atoms with Crippen LogP contribution < -0.4 is 16.4 Å². The minimum Gasteiger partial charge on any atom is -0.381 e. The van der Waals surface area contributed by atoms with E-state index in [1.54, 1.807) is 17.5 Å². The van der Waals surface area contributed by atoms with E-state index in [0.29, 0.717) is 24.2 Å². The molecule has 7 nitrogen and oxygen atoms in total. The van der Waals surface area contributed by atoms with Crippen LogP contribution in [0.3, 0.4) is 0 Å². The number of nitrogens with zero attached hydrogens (tertiary/aromatic N) is 5. The third-order valence-corrected chi connectivity index (χ3v) is 8.71. The summed E-state index contributed by atoms with van der Waals surface area (Å²) in [6.45, 7) is 4.10. The van der Waals surface area contributed by atoms with Crippen LogP contribution in [0, 0.1) is 18.8 Å². The van der Waals surface area contributed by atoms with Crippen LogP contribution in [0.25, 0.3) is 0 Å². The molecule has 1 saturated heterocycles. The number of anilines is 2. The summed E-state index contributed by atoms with van der Waals surface area (Å²) in [6, 6.07) is 2.79. The fourth-order valence-electron chi connectivity index (χ4n) is 4.86. The summed E-state index contributed by atoms with van der Waals surface area (Å²) in [4.78, 5) is 19.0. The lowest BCUT2D eigenvalue weighted by Crippen LogP contribution is -2.32. The number of piperidine rings is 1. The number of alkyl halides is 3. The van der Waals surface area contributed by atoms with Crippen molar-refractivity contribution in [3.8, 4) is 0 Å². The zero-order valence-electron chi connectivity index (χ0n) is 17.7. The molecule has 1 aliphatic carbocycles. The van der Waals surface area contributed by atoms with E-state index in [2.05, 4.69) is 25.2 Å². The number of fused-ring (bicyclic) bond motifs is 1. The number of halogens is 3. The van der Waals surface area contributed by atoms with Gasteiger partial charge in [-0.1, -0.05) is 11.8 Å². The maximum atomic E-state index is 13.3. The lowest BCUT2D eigenvalue weighted by atomic mass is 10.0. The van der Waals surface area contributed by atoms with Gasteiger partial charge in [-0.15, -0.1) is 11.3 Å². The van der Waals surface area contributed by atoms with Gasteiger partial charge < -0.3 is 16.4 Å². The SMILES string of the molecule is Cc1csc(C2(CN)C3CCN(c4cnc(Sc5cccnc5C(F)(F)F)c(N)n4)CC32)n1. The summed E-state index contributed by atoms with van der Waals surface area (Å²) in [7, 11) is 0. The first-order valence-electron chi connectivity index (χ1n) is 10.4. The molecule has 33 heavy (non-hydrogen) atoms. The van der Waals surface area contributed by atoms with Crippen molar-refractivity contribution in [1.29, 1.82) is 0 Å². The maximum absolute atomic E-state index is 13.3. The maximum Gasteiger partial charge on any atom is 0.434 e. The predicted molar refractivity (Wildman–Crippen MR) is 121 cm³/mol. The Hall–Kier alpha value is -2.44. The molecule has 0 amide bonds. The Morgan fingerprint density at radius 1 is 1.27 bits per heavy atom. The van der Waals surface area contributed by atoms with Gasteiger partial charge in [-0.05, 0) is 37.3 Å². The lowest BCUT2D eigenvalue weighted by molar-refractivity contribution is -0.143. The molecule has 0 radical (unpaired) electrons. The molecule has 3 aromatic heterocycles. The molecule has 12 heteroatoms. The van der Waals surface area contributed by atoms with Gasteiger partial charge in [0, 0.05) is 47.2 Å². The average molecular weight is 494 g/mol. The number of nitrogens with two attached hydrogens (primary N) is 2. The molecule has 1 saturated carbocycles. The molecular weight excluding hydrogens is 471 g/mol. The molecule has 174 valence electrons. The zero-order chi connectivity index (χ0) is 23.4. The van der Waals surface area contributed by atoms with Crippen molar-refractivity contribution in [2.24, 2.45) is 17.6 Å². The van der Waals surface area contributed by atoms with E-state index in [-0.39, 0.29) is 21.2 Å². The summed E-state index contributed by atoms with van der Waals surface area (Å²) in [6.07, 6.45) is -0.918. The molecule has 3 atom stereocenters. The van der Waals surface area contributed by atoms with Crippen molar-refractivity contribution < 1.29 is 13.2 Å². The smallest absolute Gasteiger partial charge is 0.381 e. The highest BCUT2D eigenvalue weighted by atomic mass is 32.2. The summed E-state index contributed by atoms with van der Waals surface area (Å²) in [5.74, 6) is 1.58. The van der Waals surface area contributed by atoms with Crippen LogP contribution in [0.4, 0.5) is 24.8 Å². The third kappa shape index (κ3) is 3.83. The summed E-state index contributed by atoms with van der Waals surface area (Å²) >= 11 is 2.48. The van der Waals surface area contributed by atoms with E-state index in [0.717, 1.165) is 48.2 Å². The number of aromatic nitrogens is 4. The second-order valence-electron chi connectivity index (χ2n) is 8.35. The number of thiazole rings is 1. The Morgan fingerprint density at radius 2 is 2.09 bits per heavy atom. The number of pyridine rings is 1. The van der Waals surface area contributed by atoms with Gasteiger partial charge in [0.15, 0.2) is 11.5 Å². The van der Waals surface area contributed by atoms with Gasteiger partial charge in [0.1, 0.15) is 15.9 Å². The van der Waals surface area contributed by atoms with Crippen LogP contribution in [-0.2, 0) is 11.6 Å². The average Bonchev–Trinajstić information content (AvgIpc) is 3.24. The number of hydrogen-bond donors (Lipinski definition) is 2. The Balaban J connectivity index is 1.34. The molecule has 4 heterocycles. The molecule has 4 N–H and O–H groups in total. The van der Waals surface area contributed by atoms with Gasteiger partial charge in [0.05, 0.1) is 6.20 Å². The van der Waals surface area contributed by atoms with Crippen LogP contribution >= 0.6 is 23.1 Å². The van der Waals surface area contributed by atoms with Crippen molar-refractivity contribution in [2.45, 2.75) is 34.9 Å². The fraction of sp³-hybridized carbons (Fsp3) is 0.429. The van der Waals surface area contributed by atoms with Gasteiger partial charge in [-0.2, -0.15) is 13.2 Å². The van der Waals surface area contributed by atoms with Crippen LogP contribution in [0.5, 0.6) is 0 Å². The number of hydrogen-bond acceptors (Lipinski definition) is 9. The minimum atomic E-state index is -4.56. The standard InChI is InChI=1S/C21H22F3N7S2/c1-11-9-32-19(29-11)20(10-25)12-4-6-31(8-13(12)20)15-7-28-18(17(26)30-15)33-14-3-2-5-27-16(14)21(22,23)24/h2-3,5,7,9,12-13H,4,6,8,10,25H2,1H3,(H2,26,30). The van der Waals surface area contributed by atoms with Crippen molar-refractivity contribution >= 4 is 34.7 Å². The van der Waals surface area contributed by atoms with Crippen LogP contribution in [0.15, 0.2) is 39.8 Å². The third-order valence-electron chi connectivity index (χ3n) is 6.50. The summed E-state index contributed by atoms with van der Waals surface area (Å²) < 4.78 is 39.8. The van der Waals surface area contributed by atoms with Gasteiger partial charge in [0.25, 0.3) is 0 Å². The normalized spacial score (nSPS) is 24.6. The van der Waals surface area contributed by atoms with E-state index in [1.165, 1.54) is 12.1 Å². The number of nitrogen functional groups attached to an aromatic ring is 1. The molecular formula is C21H22F3N7S2. The molecule has 2 fully saturated rings. The van der Waals surface area contributed by atoms with Gasteiger partial charge in [-0.3, -0.25) is 4.98 Å². The van der Waals surface area contributed by atoms with E-state index < -0.39 is 11.9 Å². The first kappa shape index (κ1) is 22.4. The highest BCUT2D eigenvalue weighted by Gasteiger charge is 2.67. The van der Waals surface area contributed by atoms with Crippen LogP contribution in [-0.4, -0.2) is 39.6 Å². The van der Waals surface area contributed by atoms with Crippen LogP contribution in [0.1, 0.15) is 22.8 Å². The quantitative estimate of drug-likeness (QED) is 0.554. The molecule has 1 aliphatic heterocycles. The Bertz CT molecular complexity index is 1180. The number of aryl methyl sites for hydroxylation is 1. The van der Waals surface area contributed by atoms with E-state index in [9.17, 15) is 13.2 Å². The lowest BCUT2D eigenvalue weighted by Gasteiger charge is -2.27. The molecule has 0 spiro atoms. The zero-order valence-corrected chi connectivity index (χ0v) is 19.3. The van der Waals surface area contributed by atoms with Crippen molar-refractivity contribution in [3.63, 3.8) is 0 Å². The molecule has 0 aromatic carbocycles. The monoisotopic (exact) mass is 493 g/mol. The molecule has 3 aromatic rings. The highest BCUT2D eigenvalue weighted by molar-refractivity contribution is 7.99. The second kappa shape index (κ2) is 8.10. The van der Waals surface area contributed by atoms with Crippen molar-refractivity contribution in [3.05, 3.63) is 46.3 Å². The fourth-order valence-corrected chi connectivity index (χ4v) is 6.88.